The number of nitrogens with one attached hydrogen (secondary N) is 1. The lowest BCUT2D eigenvalue weighted by atomic mass is 10.1. The number of aromatic nitrogens is 3. The second kappa shape index (κ2) is 8.12. The van der Waals surface area contributed by atoms with E-state index in [1.165, 1.54) is 21.3 Å². The van der Waals surface area contributed by atoms with Gasteiger partial charge in [-0.1, -0.05) is 12.1 Å². The van der Waals surface area contributed by atoms with Crippen LogP contribution < -0.4 is 19.5 Å². The zero-order valence-electron chi connectivity index (χ0n) is 16.7. The molecule has 0 fully saturated rings. The number of hydrogen-bond acceptors (Lipinski definition) is 6. The van der Waals surface area contributed by atoms with Gasteiger partial charge in [-0.3, -0.25) is 9.36 Å². The molecule has 0 aliphatic heterocycles. The SMILES string of the molecule is COc1ccc(C(=O)Nc2ccc(-n3cnc4ccccc43)nc2)c(OC)c1OC. The van der Waals surface area contributed by atoms with Crippen molar-refractivity contribution in [2.24, 2.45) is 0 Å². The summed E-state index contributed by atoms with van der Waals surface area (Å²) in [5.74, 6) is 1.47. The third kappa shape index (κ3) is 3.39. The molecule has 0 saturated heterocycles. The van der Waals surface area contributed by atoms with E-state index in [0.717, 1.165) is 11.0 Å². The lowest BCUT2D eigenvalue weighted by Crippen LogP contribution is -2.14. The molecule has 0 radical (unpaired) electrons. The molecule has 2 aromatic heterocycles. The molecule has 2 heterocycles. The Morgan fingerprint density at radius 1 is 0.900 bits per heavy atom. The van der Waals surface area contributed by atoms with Crippen LogP contribution in [0.3, 0.4) is 0 Å². The number of methoxy groups -OCH3 is 3. The summed E-state index contributed by atoms with van der Waals surface area (Å²) >= 11 is 0. The number of ether oxygens (including phenoxy) is 3. The number of hydrogen-bond donors (Lipinski definition) is 1. The Balaban J connectivity index is 1.59. The molecule has 1 N–H and O–H groups in total. The van der Waals surface area contributed by atoms with Crippen LogP contribution in [-0.4, -0.2) is 41.8 Å². The van der Waals surface area contributed by atoms with Crippen LogP contribution in [0.2, 0.25) is 0 Å². The van der Waals surface area contributed by atoms with Crippen molar-refractivity contribution in [2.75, 3.05) is 26.6 Å². The molecule has 0 saturated carbocycles. The third-order valence-electron chi connectivity index (χ3n) is 4.65. The van der Waals surface area contributed by atoms with Crippen LogP contribution in [0, 0.1) is 0 Å². The van der Waals surface area contributed by atoms with Gasteiger partial charge in [-0.2, -0.15) is 0 Å². The van der Waals surface area contributed by atoms with Crippen LogP contribution in [0.4, 0.5) is 5.69 Å². The first-order chi connectivity index (χ1) is 14.7. The van der Waals surface area contributed by atoms with Crippen molar-refractivity contribution in [2.45, 2.75) is 0 Å². The van der Waals surface area contributed by atoms with E-state index in [-0.39, 0.29) is 5.91 Å². The molecule has 0 aliphatic carbocycles. The largest absolute Gasteiger partial charge is 0.493 e. The Bertz CT molecular complexity index is 1200. The van der Waals surface area contributed by atoms with E-state index in [4.69, 9.17) is 14.2 Å². The van der Waals surface area contributed by atoms with Crippen molar-refractivity contribution in [1.82, 2.24) is 14.5 Å². The Hall–Kier alpha value is -4.07. The molecule has 1 amide bonds. The highest BCUT2D eigenvalue weighted by Crippen LogP contribution is 2.39. The number of para-hydroxylation sites is 2. The number of anilines is 1. The van der Waals surface area contributed by atoms with Crippen LogP contribution in [0.5, 0.6) is 17.2 Å². The number of benzene rings is 2. The monoisotopic (exact) mass is 404 g/mol. The van der Waals surface area contributed by atoms with Crippen molar-refractivity contribution in [3.05, 3.63) is 66.6 Å². The lowest BCUT2D eigenvalue weighted by molar-refractivity contribution is 0.102. The first-order valence-electron chi connectivity index (χ1n) is 9.15. The Kier molecular flexibility index (Phi) is 5.21. The quantitative estimate of drug-likeness (QED) is 0.527. The summed E-state index contributed by atoms with van der Waals surface area (Å²) in [4.78, 5) is 21.6. The molecular weight excluding hydrogens is 384 g/mol. The van der Waals surface area contributed by atoms with Gasteiger partial charge in [-0.25, -0.2) is 9.97 Å². The fourth-order valence-electron chi connectivity index (χ4n) is 3.22. The van der Waals surface area contributed by atoms with E-state index in [1.807, 2.05) is 34.9 Å². The van der Waals surface area contributed by atoms with E-state index < -0.39 is 0 Å². The topological polar surface area (TPSA) is 87.5 Å². The highest BCUT2D eigenvalue weighted by atomic mass is 16.5. The van der Waals surface area contributed by atoms with Gasteiger partial charge in [0.2, 0.25) is 5.75 Å². The van der Waals surface area contributed by atoms with Gasteiger partial charge in [-0.05, 0) is 36.4 Å². The fourth-order valence-corrected chi connectivity index (χ4v) is 3.22. The number of rotatable bonds is 6. The number of pyridine rings is 1. The predicted molar refractivity (Wildman–Crippen MR) is 113 cm³/mol. The zero-order valence-corrected chi connectivity index (χ0v) is 16.7. The minimum absolute atomic E-state index is 0.295. The first kappa shape index (κ1) is 19.3. The minimum atomic E-state index is -0.351. The number of imidazole rings is 1. The summed E-state index contributed by atoms with van der Waals surface area (Å²) in [6.45, 7) is 0. The van der Waals surface area contributed by atoms with E-state index >= 15 is 0 Å². The molecule has 4 aromatic rings. The average molecular weight is 404 g/mol. The van der Waals surface area contributed by atoms with Gasteiger partial charge >= 0.3 is 0 Å². The van der Waals surface area contributed by atoms with E-state index in [1.54, 1.807) is 30.7 Å². The van der Waals surface area contributed by atoms with Crippen molar-refractivity contribution >= 4 is 22.6 Å². The smallest absolute Gasteiger partial charge is 0.259 e. The second-order valence-electron chi connectivity index (χ2n) is 6.34. The number of nitrogens with zero attached hydrogens (tertiary/aromatic N) is 3. The van der Waals surface area contributed by atoms with Gasteiger partial charge in [0.25, 0.3) is 5.91 Å². The molecule has 0 atom stereocenters. The highest BCUT2D eigenvalue weighted by molar-refractivity contribution is 6.07. The van der Waals surface area contributed by atoms with Crippen molar-refractivity contribution in [3.8, 4) is 23.1 Å². The molecular formula is C22H20N4O4. The van der Waals surface area contributed by atoms with Crippen LogP contribution in [0.15, 0.2) is 61.1 Å². The minimum Gasteiger partial charge on any atom is -0.493 e. The number of carbonyl (C=O) groups is 1. The molecule has 0 bridgehead atoms. The van der Waals surface area contributed by atoms with Gasteiger partial charge in [-0.15, -0.1) is 0 Å². The van der Waals surface area contributed by atoms with Gasteiger partial charge in [0.05, 0.1) is 49.8 Å². The maximum Gasteiger partial charge on any atom is 0.259 e. The van der Waals surface area contributed by atoms with Crippen molar-refractivity contribution in [1.29, 1.82) is 0 Å². The summed E-state index contributed by atoms with van der Waals surface area (Å²) < 4.78 is 17.9. The summed E-state index contributed by atoms with van der Waals surface area (Å²) in [7, 11) is 4.48. The molecule has 30 heavy (non-hydrogen) atoms. The van der Waals surface area contributed by atoms with Crippen LogP contribution in [0.1, 0.15) is 10.4 Å². The van der Waals surface area contributed by atoms with Gasteiger partial charge in [0, 0.05) is 0 Å². The van der Waals surface area contributed by atoms with Crippen LogP contribution >= 0.6 is 0 Å². The maximum absolute atomic E-state index is 12.8. The van der Waals surface area contributed by atoms with E-state index in [2.05, 4.69) is 15.3 Å². The highest BCUT2D eigenvalue weighted by Gasteiger charge is 2.20. The molecule has 4 rings (SSSR count). The Labute approximate surface area is 173 Å². The molecule has 0 spiro atoms. The molecule has 8 nitrogen and oxygen atoms in total. The predicted octanol–water partition coefficient (Wildman–Crippen LogP) is 3.70. The van der Waals surface area contributed by atoms with Crippen LogP contribution in [-0.2, 0) is 0 Å². The normalized spacial score (nSPS) is 10.6. The molecule has 152 valence electrons. The summed E-state index contributed by atoms with van der Waals surface area (Å²) in [6, 6.07) is 14.7. The molecule has 0 unspecified atom stereocenters. The van der Waals surface area contributed by atoms with Crippen LogP contribution in [0.25, 0.3) is 16.9 Å². The number of fused-ring (bicyclic) bond motifs is 1. The molecule has 0 aliphatic rings. The fraction of sp³-hybridized carbons (Fsp3) is 0.136. The summed E-state index contributed by atoms with van der Waals surface area (Å²) in [5.41, 5.74) is 2.71. The first-order valence-corrected chi connectivity index (χ1v) is 9.15. The number of amides is 1. The summed E-state index contributed by atoms with van der Waals surface area (Å²) in [6.07, 6.45) is 3.31. The van der Waals surface area contributed by atoms with Crippen molar-refractivity contribution in [3.63, 3.8) is 0 Å². The van der Waals surface area contributed by atoms with Gasteiger partial charge in [0.15, 0.2) is 11.5 Å². The average Bonchev–Trinajstić information content (AvgIpc) is 3.22. The van der Waals surface area contributed by atoms with Gasteiger partial charge in [0.1, 0.15) is 12.1 Å². The molecule has 8 heteroatoms. The Morgan fingerprint density at radius 2 is 1.70 bits per heavy atom. The maximum atomic E-state index is 12.8. The summed E-state index contributed by atoms with van der Waals surface area (Å²) in [5, 5.41) is 2.83. The van der Waals surface area contributed by atoms with E-state index in [9.17, 15) is 4.79 Å². The zero-order chi connectivity index (χ0) is 21.1. The van der Waals surface area contributed by atoms with E-state index in [0.29, 0.717) is 34.3 Å². The second-order valence-corrected chi connectivity index (χ2v) is 6.34. The number of carbonyl (C=O) groups excluding carboxylic acids is 1. The lowest BCUT2D eigenvalue weighted by Gasteiger charge is -2.15. The van der Waals surface area contributed by atoms with Crippen molar-refractivity contribution < 1.29 is 19.0 Å². The van der Waals surface area contributed by atoms with Gasteiger partial charge < -0.3 is 19.5 Å². The third-order valence-corrected chi connectivity index (χ3v) is 4.65. The Morgan fingerprint density at radius 3 is 2.40 bits per heavy atom. The molecule has 2 aromatic carbocycles. The standard InChI is InChI=1S/C22H20N4O4/c1-28-18-10-9-15(20(29-2)21(18)30-3)22(27)25-14-8-11-19(23-12-14)26-13-24-16-6-4-5-7-17(16)26/h4-13H,1-3H3,(H,25,27).